The summed E-state index contributed by atoms with van der Waals surface area (Å²) in [5.74, 6) is 0. The van der Waals surface area contributed by atoms with Crippen LogP contribution in [0.25, 0.3) is 0 Å². The molecular weight excluding hydrogens is 154 g/mol. The maximum Gasteiger partial charge on any atom is 0.138 e. The molecule has 0 aliphatic carbocycles. The van der Waals surface area contributed by atoms with E-state index in [0.29, 0.717) is 6.04 Å². The molecule has 1 heterocycles. The molecule has 0 spiro atoms. The largest absolute Gasteiger partial charge is 0.314 e. The van der Waals surface area contributed by atoms with Gasteiger partial charge in [-0.05, 0) is 23.4 Å². The highest BCUT2D eigenvalue weighted by Gasteiger charge is 1.93. The van der Waals surface area contributed by atoms with Crippen LogP contribution in [-0.2, 0) is 6.54 Å². The summed E-state index contributed by atoms with van der Waals surface area (Å²) in [4.78, 5) is 0. The molecule has 0 atom stereocenters. The summed E-state index contributed by atoms with van der Waals surface area (Å²) < 4.78 is 1.74. The van der Waals surface area contributed by atoms with Crippen molar-refractivity contribution in [1.82, 2.24) is 25.5 Å². The Hall–Kier alpha value is -0.970. The van der Waals surface area contributed by atoms with E-state index < -0.39 is 0 Å². The standard InChI is InChI=1S/C7H15N5/c1-7(2)8-4-3-5-12-6-9-10-11-12/h6-8H,3-5H2,1-2H3. The third-order valence-electron chi connectivity index (χ3n) is 1.51. The molecule has 0 unspecified atom stereocenters. The highest BCUT2D eigenvalue weighted by atomic mass is 15.5. The summed E-state index contributed by atoms with van der Waals surface area (Å²) in [6.07, 6.45) is 2.69. The van der Waals surface area contributed by atoms with E-state index in [1.165, 1.54) is 0 Å². The average Bonchev–Trinajstić information content (AvgIpc) is 2.49. The van der Waals surface area contributed by atoms with Crippen molar-refractivity contribution in [3.63, 3.8) is 0 Å². The molecule has 68 valence electrons. The molecule has 0 aliphatic heterocycles. The lowest BCUT2D eigenvalue weighted by atomic mass is 10.3. The lowest BCUT2D eigenvalue weighted by Gasteiger charge is -2.06. The molecule has 1 rings (SSSR count). The predicted octanol–water partition coefficient (Wildman–Crippen LogP) is 0.0612. The predicted molar refractivity (Wildman–Crippen MR) is 45.6 cm³/mol. The van der Waals surface area contributed by atoms with Gasteiger partial charge in [0.15, 0.2) is 0 Å². The zero-order valence-electron chi connectivity index (χ0n) is 7.56. The van der Waals surface area contributed by atoms with Crippen LogP contribution < -0.4 is 5.32 Å². The molecule has 0 bridgehead atoms. The second-order valence-corrected chi connectivity index (χ2v) is 3.04. The minimum absolute atomic E-state index is 0.555. The number of nitrogens with one attached hydrogen (secondary N) is 1. The van der Waals surface area contributed by atoms with Crippen LogP contribution in [0.2, 0.25) is 0 Å². The second kappa shape index (κ2) is 4.82. The summed E-state index contributed by atoms with van der Waals surface area (Å²) >= 11 is 0. The van der Waals surface area contributed by atoms with Crippen molar-refractivity contribution in [3.8, 4) is 0 Å². The molecule has 0 amide bonds. The lowest BCUT2D eigenvalue weighted by Crippen LogP contribution is -2.24. The van der Waals surface area contributed by atoms with Crippen molar-refractivity contribution in [2.75, 3.05) is 6.54 Å². The third kappa shape index (κ3) is 3.43. The van der Waals surface area contributed by atoms with Crippen molar-refractivity contribution in [1.29, 1.82) is 0 Å². The van der Waals surface area contributed by atoms with E-state index in [4.69, 9.17) is 0 Å². The van der Waals surface area contributed by atoms with Gasteiger partial charge in [-0.15, -0.1) is 5.10 Å². The van der Waals surface area contributed by atoms with Crippen molar-refractivity contribution in [3.05, 3.63) is 6.33 Å². The molecule has 0 aliphatic rings. The molecule has 5 heteroatoms. The van der Waals surface area contributed by atoms with Gasteiger partial charge in [-0.3, -0.25) is 0 Å². The summed E-state index contributed by atoms with van der Waals surface area (Å²) in [6.45, 7) is 6.16. The lowest BCUT2D eigenvalue weighted by molar-refractivity contribution is 0.505. The highest BCUT2D eigenvalue weighted by Crippen LogP contribution is 1.85. The molecule has 1 aromatic rings. The number of hydrogen-bond donors (Lipinski definition) is 1. The fraction of sp³-hybridized carbons (Fsp3) is 0.857. The van der Waals surface area contributed by atoms with Gasteiger partial charge in [-0.25, -0.2) is 4.68 Å². The van der Waals surface area contributed by atoms with Crippen molar-refractivity contribution in [2.45, 2.75) is 32.9 Å². The molecule has 12 heavy (non-hydrogen) atoms. The Morgan fingerprint density at radius 3 is 2.92 bits per heavy atom. The Kier molecular flexibility index (Phi) is 3.66. The Balaban J connectivity index is 2.04. The van der Waals surface area contributed by atoms with Gasteiger partial charge in [-0.2, -0.15) is 0 Å². The highest BCUT2D eigenvalue weighted by molar-refractivity contribution is 4.53. The van der Waals surface area contributed by atoms with Crippen molar-refractivity contribution >= 4 is 0 Å². The summed E-state index contributed by atoms with van der Waals surface area (Å²) in [5.41, 5.74) is 0. The zero-order valence-corrected chi connectivity index (χ0v) is 7.56. The third-order valence-corrected chi connectivity index (χ3v) is 1.51. The average molecular weight is 169 g/mol. The number of tetrazole rings is 1. The van der Waals surface area contributed by atoms with Crippen LogP contribution in [0.1, 0.15) is 20.3 Å². The smallest absolute Gasteiger partial charge is 0.138 e. The molecule has 0 fully saturated rings. The Morgan fingerprint density at radius 1 is 1.50 bits per heavy atom. The first-order chi connectivity index (χ1) is 5.79. The van der Waals surface area contributed by atoms with Crippen LogP contribution in [0.5, 0.6) is 0 Å². The van der Waals surface area contributed by atoms with Gasteiger partial charge in [0.25, 0.3) is 0 Å². The van der Waals surface area contributed by atoms with E-state index in [9.17, 15) is 0 Å². The van der Waals surface area contributed by atoms with Gasteiger partial charge in [0.1, 0.15) is 6.33 Å². The molecule has 0 saturated carbocycles. The number of aromatic nitrogens is 4. The van der Waals surface area contributed by atoms with Crippen LogP contribution >= 0.6 is 0 Å². The number of hydrogen-bond acceptors (Lipinski definition) is 4. The van der Waals surface area contributed by atoms with Gasteiger partial charge in [0, 0.05) is 12.6 Å². The first kappa shape index (κ1) is 9.12. The van der Waals surface area contributed by atoms with Crippen LogP contribution in [-0.4, -0.2) is 32.8 Å². The van der Waals surface area contributed by atoms with E-state index in [1.54, 1.807) is 11.0 Å². The number of aryl methyl sites for hydroxylation is 1. The molecule has 0 radical (unpaired) electrons. The summed E-state index contributed by atoms with van der Waals surface area (Å²) in [5, 5.41) is 14.2. The molecular formula is C7H15N5. The van der Waals surface area contributed by atoms with Gasteiger partial charge in [-0.1, -0.05) is 13.8 Å². The Labute approximate surface area is 72.2 Å². The van der Waals surface area contributed by atoms with Gasteiger partial charge < -0.3 is 5.32 Å². The second-order valence-electron chi connectivity index (χ2n) is 3.04. The quantitative estimate of drug-likeness (QED) is 0.633. The zero-order chi connectivity index (χ0) is 8.81. The fourth-order valence-corrected chi connectivity index (χ4v) is 0.915. The van der Waals surface area contributed by atoms with Gasteiger partial charge in [0.2, 0.25) is 0 Å². The van der Waals surface area contributed by atoms with Crippen LogP contribution in [0.3, 0.4) is 0 Å². The maximum atomic E-state index is 3.76. The van der Waals surface area contributed by atoms with Crippen LogP contribution in [0.4, 0.5) is 0 Å². The topological polar surface area (TPSA) is 55.6 Å². The Bertz CT molecular complexity index is 194. The van der Waals surface area contributed by atoms with Crippen molar-refractivity contribution in [2.24, 2.45) is 0 Å². The molecule has 5 nitrogen and oxygen atoms in total. The van der Waals surface area contributed by atoms with Crippen LogP contribution in [0.15, 0.2) is 6.33 Å². The van der Waals surface area contributed by atoms with E-state index >= 15 is 0 Å². The SMILES string of the molecule is CC(C)NCCCn1cnnn1. The Morgan fingerprint density at radius 2 is 2.33 bits per heavy atom. The summed E-state index contributed by atoms with van der Waals surface area (Å²) in [6, 6.07) is 0.555. The first-order valence-corrected chi connectivity index (χ1v) is 4.23. The maximum absolute atomic E-state index is 3.76. The van der Waals surface area contributed by atoms with Gasteiger partial charge in [0.05, 0.1) is 0 Å². The first-order valence-electron chi connectivity index (χ1n) is 4.23. The fourth-order valence-electron chi connectivity index (χ4n) is 0.915. The number of nitrogens with zero attached hydrogens (tertiary/aromatic N) is 4. The van der Waals surface area contributed by atoms with Crippen LogP contribution in [0, 0.1) is 0 Å². The number of rotatable bonds is 5. The molecule has 0 aromatic carbocycles. The van der Waals surface area contributed by atoms with Crippen molar-refractivity contribution < 1.29 is 0 Å². The van der Waals surface area contributed by atoms with Gasteiger partial charge >= 0.3 is 0 Å². The molecule has 0 saturated heterocycles. The molecule has 1 N–H and O–H groups in total. The minimum Gasteiger partial charge on any atom is -0.314 e. The van der Waals surface area contributed by atoms with E-state index in [0.717, 1.165) is 19.5 Å². The molecule has 1 aromatic heterocycles. The van der Waals surface area contributed by atoms with E-state index in [2.05, 4.69) is 34.7 Å². The minimum atomic E-state index is 0.555. The van der Waals surface area contributed by atoms with E-state index in [1.807, 2.05) is 0 Å². The monoisotopic (exact) mass is 169 g/mol. The summed E-state index contributed by atoms with van der Waals surface area (Å²) in [7, 11) is 0. The van der Waals surface area contributed by atoms with E-state index in [-0.39, 0.29) is 0 Å². The normalized spacial score (nSPS) is 10.9.